The summed E-state index contributed by atoms with van der Waals surface area (Å²) >= 11 is 0. The molecule has 0 spiro atoms. The van der Waals surface area contributed by atoms with Crippen LogP contribution < -0.4 is 0 Å². The molecule has 0 aromatic rings. The Morgan fingerprint density at radius 3 is 2.30 bits per heavy atom. The summed E-state index contributed by atoms with van der Waals surface area (Å²) in [6.07, 6.45) is 3.55. The maximum atomic E-state index is 3.79. The molecule has 0 rings (SSSR count). The molecular formula is C8H19LiN. The van der Waals surface area contributed by atoms with E-state index in [-0.39, 0.29) is 18.9 Å². The molecule has 0 aromatic carbocycles. The van der Waals surface area contributed by atoms with Crippen LogP contribution in [0.1, 0.15) is 26.2 Å². The van der Waals surface area contributed by atoms with E-state index in [1.165, 1.54) is 25.9 Å². The number of unbranched alkanes of at least 4 members (excludes halogenated alkanes) is 1. The predicted molar refractivity (Wildman–Crippen MR) is 49.5 cm³/mol. The number of hydrogen-bond acceptors (Lipinski definition) is 1. The minimum atomic E-state index is 0. The summed E-state index contributed by atoms with van der Waals surface area (Å²) in [5, 5.41) is 0. The quantitative estimate of drug-likeness (QED) is 0.515. The zero-order chi connectivity index (χ0) is 7.11. The third kappa shape index (κ3) is 8.56. The fourth-order valence-electron chi connectivity index (χ4n) is 0.875. The van der Waals surface area contributed by atoms with Crippen molar-refractivity contribution in [3.05, 3.63) is 6.92 Å². The fraction of sp³-hybridized carbons (Fsp3) is 0.875. The molecule has 2 heteroatoms. The Kier molecular flexibility index (Phi) is 12.6. The van der Waals surface area contributed by atoms with Gasteiger partial charge in [-0.1, -0.05) is 20.3 Å². The third-order valence-electron chi connectivity index (χ3n) is 1.40. The second-order valence-electron chi connectivity index (χ2n) is 2.51. The molecule has 57 valence electrons. The van der Waals surface area contributed by atoms with Gasteiger partial charge in [0.1, 0.15) is 0 Å². The van der Waals surface area contributed by atoms with Gasteiger partial charge in [0.15, 0.2) is 0 Å². The molecule has 10 heavy (non-hydrogen) atoms. The van der Waals surface area contributed by atoms with Gasteiger partial charge < -0.3 is 4.90 Å². The number of nitrogens with zero attached hydrogens (tertiary/aromatic N) is 1. The monoisotopic (exact) mass is 136 g/mol. The van der Waals surface area contributed by atoms with Gasteiger partial charge in [0.2, 0.25) is 0 Å². The van der Waals surface area contributed by atoms with E-state index in [2.05, 4.69) is 25.8 Å². The number of hydrogen-bond donors (Lipinski definition) is 0. The summed E-state index contributed by atoms with van der Waals surface area (Å²) < 4.78 is 0. The van der Waals surface area contributed by atoms with E-state index in [9.17, 15) is 0 Å². The van der Waals surface area contributed by atoms with Crippen molar-refractivity contribution in [1.29, 1.82) is 0 Å². The van der Waals surface area contributed by atoms with E-state index in [0.29, 0.717) is 0 Å². The summed E-state index contributed by atoms with van der Waals surface area (Å²) in [4.78, 5) is 2.35. The van der Waals surface area contributed by atoms with Crippen LogP contribution in [0.25, 0.3) is 0 Å². The van der Waals surface area contributed by atoms with E-state index in [4.69, 9.17) is 0 Å². The fourth-order valence-corrected chi connectivity index (χ4v) is 0.875. The van der Waals surface area contributed by atoms with Crippen LogP contribution in [0.4, 0.5) is 0 Å². The van der Waals surface area contributed by atoms with Crippen LogP contribution in [0.15, 0.2) is 0 Å². The van der Waals surface area contributed by atoms with E-state index in [1.54, 1.807) is 0 Å². The van der Waals surface area contributed by atoms with Gasteiger partial charge in [-0.2, -0.15) is 0 Å². The van der Waals surface area contributed by atoms with Gasteiger partial charge in [0.25, 0.3) is 0 Å². The summed E-state index contributed by atoms with van der Waals surface area (Å²) in [6.45, 7) is 8.43. The van der Waals surface area contributed by atoms with E-state index < -0.39 is 0 Å². The average molecular weight is 136 g/mol. The Bertz CT molecular complexity index is 57.2. The SMILES string of the molecule is [CH2]CCCN(C)CCC.[LiH]. The first-order chi connectivity index (χ1) is 4.31. The molecule has 0 amide bonds. The zero-order valence-electron chi connectivity index (χ0n) is 6.69. The van der Waals surface area contributed by atoms with Crippen LogP contribution in [0, 0.1) is 6.92 Å². The van der Waals surface area contributed by atoms with Crippen molar-refractivity contribution < 1.29 is 0 Å². The molecule has 0 aliphatic rings. The molecule has 0 saturated carbocycles. The second kappa shape index (κ2) is 9.56. The van der Waals surface area contributed by atoms with Crippen molar-refractivity contribution in [3.63, 3.8) is 0 Å². The Labute approximate surface area is 77.4 Å². The Morgan fingerprint density at radius 1 is 1.30 bits per heavy atom. The van der Waals surface area contributed by atoms with Crippen LogP contribution in [0.5, 0.6) is 0 Å². The van der Waals surface area contributed by atoms with Gasteiger partial charge in [-0.3, -0.25) is 0 Å². The number of rotatable bonds is 5. The van der Waals surface area contributed by atoms with Crippen molar-refractivity contribution in [2.75, 3.05) is 20.1 Å². The van der Waals surface area contributed by atoms with E-state index in [0.717, 1.165) is 6.42 Å². The van der Waals surface area contributed by atoms with Crippen LogP contribution in [-0.4, -0.2) is 43.9 Å². The molecule has 0 aliphatic heterocycles. The summed E-state index contributed by atoms with van der Waals surface area (Å²) in [6, 6.07) is 0. The molecule has 0 aliphatic carbocycles. The molecule has 0 heterocycles. The Morgan fingerprint density at radius 2 is 1.90 bits per heavy atom. The normalized spacial score (nSPS) is 9.60. The van der Waals surface area contributed by atoms with Gasteiger partial charge in [-0.05, 0) is 33.0 Å². The third-order valence-corrected chi connectivity index (χ3v) is 1.40. The first-order valence-electron chi connectivity index (χ1n) is 3.79. The first kappa shape index (κ1) is 13.2. The van der Waals surface area contributed by atoms with Crippen molar-refractivity contribution >= 4 is 18.9 Å². The van der Waals surface area contributed by atoms with Crippen LogP contribution in [0.2, 0.25) is 0 Å². The molecule has 0 aromatic heterocycles. The molecular weight excluding hydrogens is 117 g/mol. The maximum absolute atomic E-state index is 3.79. The molecule has 0 atom stereocenters. The molecule has 1 nitrogen and oxygen atoms in total. The van der Waals surface area contributed by atoms with E-state index >= 15 is 0 Å². The van der Waals surface area contributed by atoms with Crippen molar-refractivity contribution in [3.8, 4) is 0 Å². The van der Waals surface area contributed by atoms with Crippen molar-refractivity contribution in [2.24, 2.45) is 0 Å². The van der Waals surface area contributed by atoms with Gasteiger partial charge in [-0.15, -0.1) is 0 Å². The molecule has 0 bridgehead atoms. The topological polar surface area (TPSA) is 3.24 Å². The van der Waals surface area contributed by atoms with Gasteiger partial charge >= 0.3 is 18.9 Å². The van der Waals surface area contributed by atoms with Gasteiger partial charge in [-0.25, -0.2) is 0 Å². The summed E-state index contributed by atoms with van der Waals surface area (Å²) in [7, 11) is 2.17. The molecule has 0 N–H and O–H groups in total. The van der Waals surface area contributed by atoms with Gasteiger partial charge in [0, 0.05) is 0 Å². The van der Waals surface area contributed by atoms with Crippen LogP contribution in [-0.2, 0) is 0 Å². The second-order valence-corrected chi connectivity index (χ2v) is 2.51. The average Bonchev–Trinajstić information content (AvgIpc) is 1.85. The van der Waals surface area contributed by atoms with Crippen molar-refractivity contribution in [2.45, 2.75) is 26.2 Å². The van der Waals surface area contributed by atoms with Crippen LogP contribution >= 0.6 is 0 Å². The zero-order valence-corrected chi connectivity index (χ0v) is 6.69. The van der Waals surface area contributed by atoms with Gasteiger partial charge in [0.05, 0.1) is 0 Å². The first-order valence-corrected chi connectivity index (χ1v) is 3.79. The Hall–Kier alpha value is 0.557. The Balaban J connectivity index is 0. The molecule has 1 radical (unpaired) electrons. The predicted octanol–water partition coefficient (Wildman–Crippen LogP) is 1.29. The molecule has 0 unspecified atom stereocenters. The summed E-state index contributed by atoms with van der Waals surface area (Å²) in [5.74, 6) is 0. The minimum absolute atomic E-state index is 0. The summed E-state index contributed by atoms with van der Waals surface area (Å²) in [5.41, 5.74) is 0. The molecule has 0 fully saturated rings. The standard InChI is InChI=1S/C8H18N.Li.H/c1-4-6-8-9(3)7-5-2;;/h1,4-8H2,2-3H3;;. The van der Waals surface area contributed by atoms with E-state index in [1.807, 2.05) is 0 Å². The molecule has 0 saturated heterocycles. The van der Waals surface area contributed by atoms with Crippen molar-refractivity contribution in [1.82, 2.24) is 4.90 Å². The van der Waals surface area contributed by atoms with Crippen LogP contribution in [0.3, 0.4) is 0 Å².